The van der Waals surface area contributed by atoms with Gasteiger partial charge in [0.15, 0.2) is 0 Å². The summed E-state index contributed by atoms with van der Waals surface area (Å²) in [7, 11) is -3.57. The summed E-state index contributed by atoms with van der Waals surface area (Å²) in [5.74, 6) is 0.476. The van der Waals surface area contributed by atoms with Gasteiger partial charge in [0, 0.05) is 35.1 Å². The summed E-state index contributed by atoms with van der Waals surface area (Å²) in [4.78, 5) is 13.4. The van der Waals surface area contributed by atoms with Gasteiger partial charge in [0.05, 0.1) is 4.90 Å². The maximum atomic E-state index is 12.3. The van der Waals surface area contributed by atoms with E-state index in [2.05, 4.69) is 20.2 Å². The number of sulfonamides is 1. The molecule has 0 spiro atoms. The van der Waals surface area contributed by atoms with E-state index in [0.717, 1.165) is 10.5 Å². The lowest BCUT2D eigenvalue weighted by atomic mass is 10.2. The predicted octanol–water partition coefficient (Wildman–Crippen LogP) is 4.14. The van der Waals surface area contributed by atoms with Crippen LogP contribution in [0.3, 0.4) is 0 Å². The van der Waals surface area contributed by atoms with Gasteiger partial charge >= 0.3 is 0 Å². The molecular formula is C20H21ClN4O3S3. The Morgan fingerprint density at radius 2 is 1.81 bits per heavy atom. The van der Waals surface area contributed by atoms with Gasteiger partial charge in [0.2, 0.25) is 21.1 Å². The number of hydrogen-bond donors (Lipinski definition) is 2. The average Bonchev–Trinajstić information content (AvgIpc) is 3.16. The standard InChI is InChI=1S/C20H21ClN4O3S3/c1-14-2-8-17(9-3-14)31(27,28)22-12-10-19-24-25-20(30-19)23-18(26)11-13-29-16-6-4-15(21)5-7-16/h2-9,22H,10-13H2,1H3,(H,23,25,26). The van der Waals surface area contributed by atoms with Crippen molar-refractivity contribution in [2.45, 2.75) is 29.6 Å². The highest BCUT2D eigenvalue weighted by atomic mass is 35.5. The van der Waals surface area contributed by atoms with Gasteiger partial charge in [0.1, 0.15) is 5.01 Å². The zero-order chi connectivity index (χ0) is 22.3. The van der Waals surface area contributed by atoms with Gasteiger partial charge in [-0.05, 0) is 43.3 Å². The molecule has 1 amide bonds. The van der Waals surface area contributed by atoms with Gasteiger partial charge in [-0.1, -0.05) is 40.6 Å². The molecule has 0 bridgehead atoms. The molecule has 1 heterocycles. The predicted molar refractivity (Wildman–Crippen MR) is 125 cm³/mol. The van der Waals surface area contributed by atoms with Crippen LogP contribution in [0.15, 0.2) is 58.3 Å². The molecule has 1 aromatic heterocycles. The highest BCUT2D eigenvalue weighted by Crippen LogP contribution is 2.21. The maximum absolute atomic E-state index is 12.3. The number of nitrogens with one attached hydrogen (secondary N) is 2. The van der Waals surface area contributed by atoms with E-state index in [9.17, 15) is 13.2 Å². The third kappa shape index (κ3) is 7.58. The molecule has 0 saturated heterocycles. The lowest BCUT2D eigenvalue weighted by Crippen LogP contribution is -2.25. The first-order valence-corrected chi connectivity index (χ1v) is 13.0. The summed E-state index contributed by atoms with van der Waals surface area (Å²) in [5.41, 5.74) is 0.992. The minimum atomic E-state index is -3.57. The minimum absolute atomic E-state index is 0.149. The number of nitrogens with zero attached hydrogens (tertiary/aromatic N) is 2. The van der Waals surface area contributed by atoms with Crippen LogP contribution in [0.25, 0.3) is 0 Å². The van der Waals surface area contributed by atoms with Crippen LogP contribution >= 0.6 is 34.7 Å². The monoisotopic (exact) mass is 496 g/mol. The molecule has 7 nitrogen and oxygen atoms in total. The van der Waals surface area contributed by atoms with Crippen LogP contribution in [0, 0.1) is 6.92 Å². The van der Waals surface area contributed by atoms with Crippen LogP contribution in [0.1, 0.15) is 17.0 Å². The van der Waals surface area contributed by atoms with Crippen LogP contribution in [-0.2, 0) is 21.2 Å². The molecule has 2 N–H and O–H groups in total. The number of aromatic nitrogens is 2. The molecule has 31 heavy (non-hydrogen) atoms. The lowest BCUT2D eigenvalue weighted by molar-refractivity contribution is -0.115. The molecule has 3 aromatic rings. The van der Waals surface area contributed by atoms with Crippen molar-refractivity contribution in [3.05, 3.63) is 64.1 Å². The van der Waals surface area contributed by atoms with Crippen molar-refractivity contribution in [3.8, 4) is 0 Å². The number of rotatable bonds is 10. The molecule has 2 aromatic carbocycles. The third-order valence-electron chi connectivity index (χ3n) is 4.09. The number of thioether (sulfide) groups is 1. The van der Waals surface area contributed by atoms with E-state index in [-0.39, 0.29) is 17.3 Å². The Kier molecular flexibility index (Phi) is 8.44. The van der Waals surface area contributed by atoms with Crippen molar-refractivity contribution in [1.82, 2.24) is 14.9 Å². The molecule has 3 rings (SSSR count). The highest BCUT2D eigenvalue weighted by molar-refractivity contribution is 7.99. The van der Waals surface area contributed by atoms with E-state index in [1.165, 1.54) is 11.3 Å². The number of carbonyl (C=O) groups is 1. The van der Waals surface area contributed by atoms with E-state index < -0.39 is 10.0 Å². The van der Waals surface area contributed by atoms with Gasteiger partial charge in [0.25, 0.3) is 0 Å². The number of benzene rings is 2. The summed E-state index contributed by atoms with van der Waals surface area (Å²) in [6, 6.07) is 14.1. The Morgan fingerprint density at radius 1 is 1.10 bits per heavy atom. The van der Waals surface area contributed by atoms with Crippen LogP contribution < -0.4 is 10.0 Å². The number of hydrogen-bond acceptors (Lipinski definition) is 7. The van der Waals surface area contributed by atoms with Gasteiger partial charge < -0.3 is 5.32 Å². The first-order chi connectivity index (χ1) is 14.8. The van der Waals surface area contributed by atoms with Crippen molar-refractivity contribution >= 4 is 55.8 Å². The van der Waals surface area contributed by atoms with Crippen LogP contribution in [-0.4, -0.2) is 36.8 Å². The van der Waals surface area contributed by atoms with Crippen molar-refractivity contribution in [2.75, 3.05) is 17.6 Å². The van der Waals surface area contributed by atoms with E-state index in [0.29, 0.717) is 33.8 Å². The molecule has 0 fully saturated rings. The molecule has 0 aliphatic carbocycles. The minimum Gasteiger partial charge on any atom is -0.301 e. The first-order valence-electron chi connectivity index (χ1n) is 9.39. The summed E-state index contributed by atoms with van der Waals surface area (Å²) >= 11 is 8.66. The molecule has 0 radical (unpaired) electrons. The number of aryl methyl sites for hydroxylation is 1. The largest absolute Gasteiger partial charge is 0.301 e. The zero-order valence-corrected chi connectivity index (χ0v) is 19.9. The number of anilines is 1. The van der Waals surface area contributed by atoms with Crippen molar-refractivity contribution in [1.29, 1.82) is 0 Å². The quantitative estimate of drug-likeness (QED) is 0.409. The Balaban J connectivity index is 1.40. The summed E-state index contributed by atoms with van der Waals surface area (Å²) in [6.45, 7) is 2.09. The van der Waals surface area contributed by atoms with Crippen LogP contribution in [0.5, 0.6) is 0 Å². The van der Waals surface area contributed by atoms with Crippen molar-refractivity contribution < 1.29 is 13.2 Å². The Hall–Kier alpha value is -1.98. The summed E-state index contributed by atoms with van der Waals surface area (Å²) < 4.78 is 27.1. The second-order valence-corrected chi connectivity index (χ2v) is 11.0. The Bertz CT molecular complexity index is 1120. The molecule has 0 aliphatic rings. The molecule has 0 unspecified atom stereocenters. The van der Waals surface area contributed by atoms with Gasteiger partial charge in [-0.3, -0.25) is 4.79 Å². The van der Waals surface area contributed by atoms with Gasteiger partial charge in [-0.2, -0.15) is 0 Å². The second-order valence-electron chi connectivity index (χ2n) is 6.56. The molecule has 0 atom stereocenters. The summed E-state index contributed by atoms with van der Waals surface area (Å²) in [5, 5.41) is 12.4. The Labute approximate surface area is 194 Å². The fraction of sp³-hybridized carbons (Fsp3) is 0.250. The van der Waals surface area contributed by atoms with E-state index in [1.54, 1.807) is 36.0 Å². The topological polar surface area (TPSA) is 101 Å². The van der Waals surface area contributed by atoms with Crippen LogP contribution in [0.2, 0.25) is 5.02 Å². The maximum Gasteiger partial charge on any atom is 0.240 e. The Morgan fingerprint density at radius 3 is 2.52 bits per heavy atom. The molecule has 0 saturated carbocycles. The van der Waals surface area contributed by atoms with Gasteiger partial charge in [-0.25, -0.2) is 13.1 Å². The number of amides is 1. The summed E-state index contributed by atoms with van der Waals surface area (Å²) in [6.07, 6.45) is 0.712. The second kappa shape index (κ2) is 11.1. The number of halogens is 1. The van der Waals surface area contributed by atoms with Crippen molar-refractivity contribution in [2.24, 2.45) is 0 Å². The molecule has 0 aliphatic heterocycles. The third-order valence-corrected chi connectivity index (χ3v) is 7.73. The SMILES string of the molecule is Cc1ccc(S(=O)(=O)NCCc2nnc(NC(=O)CCSc3ccc(Cl)cc3)s2)cc1. The van der Waals surface area contributed by atoms with E-state index in [4.69, 9.17) is 11.6 Å². The van der Waals surface area contributed by atoms with Crippen molar-refractivity contribution in [3.63, 3.8) is 0 Å². The van der Waals surface area contributed by atoms with E-state index >= 15 is 0 Å². The fourth-order valence-corrected chi connectivity index (χ4v) is 5.24. The molecule has 11 heteroatoms. The fourth-order valence-electron chi connectivity index (χ4n) is 2.47. The number of carbonyl (C=O) groups excluding carboxylic acids is 1. The van der Waals surface area contributed by atoms with Crippen LogP contribution in [0.4, 0.5) is 5.13 Å². The zero-order valence-electron chi connectivity index (χ0n) is 16.7. The first kappa shape index (κ1) is 23.7. The highest BCUT2D eigenvalue weighted by Gasteiger charge is 2.14. The normalized spacial score (nSPS) is 11.4. The lowest BCUT2D eigenvalue weighted by Gasteiger charge is -2.05. The molecule has 164 valence electrons. The smallest absolute Gasteiger partial charge is 0.240 e. The molecular weight excluding hydrogens is 476 g/mol. The average molecular weight is 497 g/mol. The van der Waals surface area contributed by atoms with E-state index in [1.807, 2.05) is 31.2 Å². The van der Waals surface area contributed by atoms with Gasteiger partial charge in [-0.15, -0.1) is 22.0 Å².